The Balaban J connectivity index is 1.67. The lowest BCUT2D eigenvalue weighted by atomic mass is 9.86. The summed E-state index contributed by atoms with van der Waals surface area (Å²) in [6, 6.07) is 5.86. The number of alkyl halides is 3. The molecule has 1 aromatic heterocycles. The third kappa shape index (κ3) is 5.72. The van der Waals surface area contributed by atoms with Gasteiger partial charge in [-0.2, -0.15) is 13.2 Å². The zero-order valence-corrected chi connectivity index (χ0v) is 21.4. The van der Waals surface area contributed by atoms with E-state index >= 15 is 0 Å². The van der Waals surface area contributed by atoms with Gasteiger partial charge in [0.15, 0.2) is 11.5 Å². The van der Waals surface area contributed by atoms with E-state index in [1.807, 2.05) is 14.1 Å². The van der Waals surface area contributed by atoms with Crippen LogP contribution in [0.4, 0.5) is 23.4 Å². The van der Waals surface area contributed by atoms with E-state index in [4.69, 9.17) is 14.2 Å². The molecule has 0 amide bonds. The van der Waals surface area contributed by atoms with Gasteiger partial charge < -0.3 is 24.4 Å². The van der Waals surface area contributed by atoms with E-state index < -0.39 is 23.6 Å². The van der Waals surface area contributed by atoms with Crippen molar-refractivity contribution in [3.63, 3.8) is 0 Å². The summed E-state index contributed by atoms with van der Waals surface area (Å²) >= 11 is 0. The van der Waals surface area contributed by atoms with Crippen LogP contribution in [-0.4, -0.2) is 62.4 Å². The minimum atomic E-state index is -4.80. The number of aryl methyl sites for hydroxylation is 1. The minimum Gasteiger partial charge on any atom is -0.493 e. The van der Waals surface area contributed by atoms with Gasteiger partial charge in [-0.15, -0.1) is 0 Å². The summed E-state index contributed by atoms with van der Waals surface area (Å²) in [6.07, 6.45) is -4.80. The molecule has 1 saturated heterocycles. The fourth-order valence-electron chi connectivity index (χ4n) is 4.53. The number of rotatable bonds is 9. The van der Waals surface area contributed by atoms with Gasteiger partial charge in [0.25, 0.3) is 0 Å². The maximum atomic E-state index is 14.8. The van der Waals surface area contributed by atoms with Crippen molar-refractivity contribution in [3.05, 3.63) is 53.1 Å². The summed E-state index contributed by atoms with van der Waals surface area (Å²) < 4.78 is 71.7. The molecule has 0 radical (unpaired) electrons. The lowest BCUT2D eigenvalue weighted by Gasteiger charge is -2.42. The number of methoxy groups -OCH3 is 1. The third-order valence-electron chi connectivity index (χ3n) is 6.25. The molecule has 1 atom stereocenters. The van der Waals surface area contributed by atoms with Gasteiger partial charge in [-0.3, -0.25) is 0 Å². The number of nitrogens with one attached hydrogen (secondary N) is 1. The van der Waals surface area contributed by atoms with E-state index in [1.54, 1.807) is 26.0 Å². The van der Waals surface area contributed by atoms with Gasteiger partial charge in [-0.1, -0.05) is 12.1 Å². The Morgan fingerprint density at radius 1 is 1.16 bits per heavy atom. The fraction of sp³-hybridized carbons (Fsp3) is 0.462. The Kier molecular flexibility index (Phi) is 7.48. The number of nitrogens with zero attached hydrogens (tertiary/aromatic N) is 3. The normalized spacial score (nSPS) is 15.9. The van der Waals surface area contributed by atoms with E-state index in [0.717, 1.165) is 12.6 Å². The second kappa shape index (κ2) is 10.3. The van der Waals surface area contributed by atoms with Crippen molar-refractivity contribution in [1.82, 2.24) is 14.9 Å². The van der Waals surface area contributed by atoms with Crippen molar-refractivity contribution in [2.24, 2.45) is 5.41 Å². The topological polar surface area (TPSA) is 68.7 Å². The molecule has 0 spiro atoms. The molecule has 0 unspecified atom stereocenters. The lowest BCUT2D eigenvalue weighted by Crippen LogP contribution is -2.53. The largest absolute Gasteiger partial charge is 0.493 e. The zero-order chi connectivity index (χ0) is 27.0. The summed E-state index contributed by atoms with van der Waals surface area (Å²) in [5.74, 6) is 0.403. The smallest absolute Gasteiger partial charge is 0.419 e. The predicted octanol–water partition coefficient (Wildman–Crippen LogP) is 5.23. The number of fused-ring (bicyclic) bond motifs is 1. The molecule has 1 fully saturated rings. The van der Waals surface area contributed by atoms with Gasteiger partial charge in [0.05, 0.1) is 49.5 Å². The standard InChI is InChI=1S/C26H30F4N4O3/c1-15(17-7-6-8-19(23(17)27)26(28,29)30)31-24-18-9-22(21(35-5)10-20(18)32-16(2)33-24)37-14-25(11-34(3)4)12-36-13-25/h6-10,15H,11-14H2,1-5H3,(H,31,32,33)/t15-/m1/s1. The number of halogens is 4. The number of ether oxygens (including phenoxy) is 3. The van der Waals surface area contributed by atoms with Crippen molar-refractivity contribution in [3.8, 4) is 11.5 Å². The molecule has 200 valence electrons. The highest BCUT2D eigenvalue weighted by Crippen LogP contribution is 2.38. The average molecular weight is 523 g/mol. The van der Waals surface area contributed by atoms with Crippen molar-refractivity contribution < 1.29 is 31.8 Å². The first-order valence-electron chi connectivity index (χ1n) is 11.8. The number of hydrogen-bond donors (Lipinski definition) is 1. The number of aromatic nitrogens is 2. The van der Waals surface area contributed by atoms with Crippen LogP contribution < -0.4 is 14.8 Å². The van der Waals surface area contributed by atoms with Gasteiger partial charge in [0, 0.05) is 23.6 Å². The summed E-state index contributed by atoms with van der Waals surface area (Å²) in [7, 11) is 5.51. The number of hydrogen-bond acceptors (Lipinski definition) is 7. The molecule has 0 saturated carbocycles. The highest BCUT2D eigenvalue weighted by Gasteiger charge is 2.40. The van der Waals surface area contributed by atoms with E-state index in [-0.39, 0.29) is 11.0 Å². The molecule has 11 heteroatoms. The van der Waals surface area contributed by atoms with Crippen LogP contribution in [0.2, 0.25) is 0 Å². The van der Waals surface area contributed by atoms with Gasteiger partial charge in [0.1, 0.15) is 17.5 Å². The lowest BCUT2D eigenvalue weighted by molar-refractivity contribution is -0.140. The van der Waals surface area contributed by atoms with E-state index in [9.17, 15) is 17.6 Å². The maximum Gasteiger partial charge on any atom is 0.419 e. The molecule has 3 aromatic rings. The van der Waals surface area contributed by atoms with Crippen LogP contribution in [0.3, 0.4) is 0 Å². The molecule has 37 heavy (non-hydrogen) atoms. The van der Waals surface area contributed by atoms with Crippen LogP contribution in [0.25, 0.3) is 10.9 Å². The molecule has 2 aromatic carbocycles. The summed E-state index contributed by atoms with van der Waals surface area (Å²) in [6.45, 7) is 5.61. The van der Waals surface area contributed by atoms with Crippen LogP contribution in [0.15, 0.2) is 30.3 Å². The van der Waals surface area contributed by atoms with Crippen LogP contribution in [0.1, 0.15) is 29.9 Å². The summed E-state index contributed by atoms with van der Waals surface area (Å²) in [5, 5.41) is 3.63. The average Bonchev–Trinajstić information content (AvgIpc) is 2.79. The zero-order valence-electron chi connectivity index (χ0n) is 21.4. The van der Waals surface area contributed by atoms with Gasteiger partial charge in [0.2, 0.25) is 0 Å². The monoisotopic (exact) mass is 522 g/mol. The fourth-order valence-corrected chi connectivity index (χ4v) is 4.53. The molecule has 0 aliphatic carbocycles. The minimum absolute atomic E-state index is 0.125. The van der Waals surface area contributed by atoms with Crippen LogP contribution >= 0.6 is 0 Å². The molecule has 2 heterocycles. The predicted molar refractivity (Wildman–Crippen MR) is 132 cm³/mol. The van der Waals surface area contributed by atoms with E-state index in [0.29, 0.717) is 53.9 Å². The molecule has 4 rings (SSSR count). The number of benzene rings is 2. The molecular weight excluding hydrogens is 492 g/mol. The molecule has 7 nitrogen and oxygen atoms in total. The highest BCUT2D eigenvalue weighted by molar-refractivity contribution is 5.92. The molecular formula is C26H30F4N4O3. The van der Waals surface area contributed by atoms with Crippen molar-refractivity contribution >= 4 is 16.7 Å². The first kappa shape index (κ1) is 26.9. The van der Waals surface area contributed by atoms with Gasteiger partial charge >= 0.3 is 6.18 Å². The van der Waals surface area contributed by atoms with E-state index in [1.165, 1.54) is 19.2 Å². The Bertz CT molecular complexity index is 1280. The van der Waals surface area contributed by atoms with Crippen molar-refractivity contribution in [1.29, 1.82) is 0 Å². The SMILES string of the molecule is COc1cc2nc(C)nc(N[C@H](C)c3cccc(C(F)(F)F)c3F)c2cc1OCC1(CN(C)C)COC1. The maximum absolute atomic E-state index is 14.8. The Hall–Kier alpha value is -3.18. The molecule has 1 aliphatic rings. The first-order valence-corrected chi connectivity index (χ1v) is 11.8. The Morgan fingerprint density at radius 2 is 1.89 bits per heavy atom. The highest BCUT2D eigenvalue weighted by atomic mass is 19.4. The summed E-state index contributed by atoms with van der Waals surface area (Å²) in [4.78, 5) is 11.0. The number of anilines is 1. The van der Waals surface area contributed by atoms with Crippen molar-refractivity contribution in [2.45, 2.75) is 26.1 Å². The van der Waals surface area contributed by atoms with Gasteiger partial charge in [-0.05, 0) is 40.1 Å². The summed E-state index contributed by atoms with van der Waals surface area (Å²) in [5.41, 5.74) is -1.04. The van der Waals surface area contributed by atoms with Crippen molar-refractivity contribution in [2.75, 3.05) is 52.9 Å². The van der Waals surface area contributed by atoms with Crippen LogP contribution in [0.5, 0.6) is 11.5 Å². The quantitative estimate of drug-likeness (QED) is 0.386. The second-order valence-electron chi connectivity index (χ2n) is 9.73. The molecule has 1 aliphatic heterocycles. The van der Waals surface area contributed by atoms with Gasteiger partial charge in [-0.25, -0.2) is 14.4 Å². The third-order valence-corrected chi connectivity index (χ3v) is 6.25. The molecule has 0 bridgehead atoms. The first-order chi connectivity index (χ1) is 17.4. The second-order valence-corrected chi connectivity index (χ2v) is 9.73. The molecule has 1 N–H and O–H groups in total. The van der Waals surface area contributed by atoms with Crippen LogP contribution in [-0.2, 0) is 10.9 Å². The van der Waals surface area contributed by atoms with E-state index in [2.05, 4.69) is 20.2 Å². The Morgan fingerprint density at radius 3 is 2.49 bits per heavy atom. The Labute approximate surface area is 212 Å². The van der Waals surface area contributed by atoms with Crippen LogP contribution in [0, 0.1) is 18.2 Å².